The zero-order chi connectivity index (χ0) is 12.8. The molecule has 0 spiro atoms. The second-order valence-electron chi connectivity index (χ2n) is 4.87. The van der Waals surface area contributed by atoms with Crippen LogP contribution in [0, 0.1) is 0 Å². The van der Waals surface area contributed by atoms with Gasteiger partial charge in [0, 0.05) is 11.3 Å². The largest absolute Gasteiger partial charge is 0.436 e. The van der Waals surface area contributed by atoms with E-state index in [0.29, 0.717) is 12.3 Å². The quantitative estimate of drug-likeness (QED) is 0.849. The summed E-state index contributed by atoms with van der Waals surface area (Å²) in [5, 5.41) is 2.85. The third-order valence-electron chi connectivity index (χ3n) is 3.53. The minimum Gasteiger partial charge on any atom is -0.436 e. The molecule has 1 aromatic heterocycles. The van der Waals surface area contributed by atoms with Gasteiger partial charge >= 0.3 is 0 Å². The Morgan fingerprint density at radius 2 is 2.26 bits per heavy atom. The van der Waals surface area contributed by atoms with Gasteiger partial charge in [0.2, 0.25) is 11.8 Å². The lowest BCUT2D eigenvalue weighted by Gasteiger charge is -2.00. The first-order valence-corrected chi connectivity index (χ1v) is 6.39. The van der Waals surface area contributed by atoms with E-state index in [2.05, 4.69) is 16.4 Å². The van der Waals surface area contributed by atoms with Crippen molar-refractivity contribution in [3.63, 3.8) is 0 Å². The van der Waals surface area contributed by atoms with E-state index < -0.39 is 0 Å². The summed E-state index contributed by atoms with van der Waals surface area (Å²) in [6.45, 7) is 0. The smallest absolute Gasteiger partial charge is 0.228 e. The van der Waals surface area contributed by atoms with Crippen LogP contribution in [0.1, 0.15) is 23.4 Å². The number of rotatable bonds is 1. The Morgan fingerprint density at radius 1 is 1.32 bits per heavy atom. The maximum atomic E-state index is 11.3. The summed E-state index contributed by atoms with van der Waals surface area (Å²) < 4.78 is 5.77. The second kappa shape index (κ2) is 3.82. The van der Waals surface area contributed by atoms with E-state index in [1.807, 2.05) is 24.3 Å². The Morgan fingerprint density at radius 3 is 3.16 bits per heavy atom. The van der Waals surface area contributed by atoms with Gasteiger partial charge in [-0.3, -0.25) is 4.79 Å². The summed E-state index contributed by atoms with van der Waals surface area (Å²) >= 11 is 0. The number of benzene rings is 1. The molecular formula is C15H12N2O2. The first-order chi connectivity index (χ1) is 9.29. The van der Waals surface area contributed by atoms with Crippen molar-refractivity contribution in [1.29, 1.82) is 0 Å². The van der Waals surface area contributed by atoms with Crippen LogP contribution in [0.15, 0.2) is 28.7 Å². The molecule has 0 unspecified atom stereocenters. The molecule has 0 bridgehead atoms. The molecule has 2 aliphatic rings. The number of anilines is 1. The summed E-state index contributed by atoms with van der Waals surface area (Å²) in [5.74, 6) is 1.52. The van der Waals surface area contributed by atoms with Gasteiger partial charge in [0.1, 0.15) is 0 Å². The van der Waals surface area contributed by atoms with E-state index in [0.717, 1.165) is 41.1 Å². The van der Waals surface area contributed by atoms with Crippen molar-refractivity contribution in [3.05, 3.63) is 41.3 Å². The van der Waals surface area contributed by atoms with Crippen LogP contribution in [0.2, 0.25) is 0 Å². The van der Waals surface area contributed by atoms with Crippen molar-refractivity contribution in [2.24, 2.45) is 0 Å². The van der Waals surface area contributed by atoms with E-state index >= 15 is 0 Å². The van der Waals surface area contributed by atoms with Crippen LogP contribution in [-0.4, -0.2) is 10.9 Å². The van der Waals surface area contributed by atoms with Gasteiger partial charge in [-0.2, -0.15) is 0 Å². The maximum Gasteiger partial charge on any atom is 0.228 e. The standard InChI is InChI=1S/C15H12N2O2/c18-14-8-9-5-6-10(7-12(9)16-14)15-17-11-3-1-2-4-13(11)19-15/h2,4-7H,1,3,8H2,(H,16,18). The molecule has 1 amide bonds. The normalized spacial score (nSPS) is 16.1. The van der Waals surface area contributed by atoms with Crippen molar-refractivity contribution < 1.29 is 9.21 Å². The Kier molecular flexibility index (Phi) is 2.12. The molecule has 1 aliphatic carbocycles. The van der Waals surface area contributed by atoms with Crippen LogP contribution in [0.25, 0.3) is 17.5 Å². The lowest BCUT2D eigenvalue weighted by molar-refractivity contribution is -0.115. The highest BCUT2D eigenvalue weighted by Crippen LogP contribution is 2.31. The van der Waals surface area contributed by atoms with Crippen LogP contribution in [-0.2, 0) is 17.6 Å². The lowest BCUT2D eigenvalue weighted by atomic mass is 10.1. The van der Waals surface area contributed by atoms with Crippen LogP contribution in [0.5, 0.6) is 0 Å². The van der Waals surface area contributed by atoms with Gasteiger partial charge in [-0.1, -0.05) is 12.1 Å². The molecule has 1 aromatic carbocycles. The van der Waals surface area contributed by atoms with Gasteiger partial charge in [-0.15, -0.1) is 0 Å². The molecule has 0 radical (unpaired) electrons. The average molecular weight is 252 g/mol. The highest BCUT2D eigenvalue weighted by atomic mass is 16.4. The minimum atomic E-state index is 0.0433. The number of hydrogen-bond acceptors (Lipinski definition) is 3. The van der Waals surface area contributed by atoms with E-state index in [-0.39, 0.29) is 5.91 Å². The number of nitrogens with one attached hydrogen (secondary N) is 1. The van der Waals surface area contributed by atoms with E-state index in [4.69, 9.17) is 4.42 Å². The SMILES string of the molecule is O=C1Cc2ccc(-c3nc4c(o3)C=CCC4)cc2N1. The molecule has 1 N–H and O–H groups in total. The van der Waals surface area contributed by atoms with Crippen molar-refractivity contribution in [1.82, 2.24) is 4.98 Å². The molecule has 1 aliphatic heterocycles. The summed E-state index contributed by atoms with van der Waals surface area (Å²) in [5.41, 5.74) is 3.82. The molecule has 0 saturated heterocycles. The number of amides is 1. The zero-order valence-corrected chi connectivity index (χ0v) is 10.3. The number of nitrogens with zero attached hydrogens (tertiary/aromatic N) is 1. The summed E-state index contributed by atoms with van der Waals surface area (Å²) in [4.78, 5) is 15.9. The first-order valence-electron chi connectivity index (χ1n) is 6.39. The molecule has 19 heavy (non-hydrogen) atoms. The predicted octanol–water partition coefficient (Wildman–Crippen LogP) is 2.80. The Labute approximate surface area is 110 Å². The van der Waals surface area contributed by atoms with Gasteiger partial charge in [-0.05, 0) is 36.6 Å². The van der Waals surface area contributed by atoms with Crippen molar-refractivity contribution >= 4 is 17.7 Å². The van der Waals surface area contributed by atoms with Crippen LogP contribution < -0.4 is 5.32 Å². The molecular weight excluding hydrogens is 240 g/mol. The third kappa shape index (κ3) is 1.68. The average Bonchev–Trinajstić information content (AvgIpc) is 2.99. The number of aryl methyl sites for hydroxylation is 1. The topological polar surface area (TPSA) is 55.1 Å². The number of carbonyl (C=O) groups excluding carboxylic acids is 1. The summed E-state index contributed by atoms with van der Waals surface area (Å²) in [6, 6.07) is 5.85. The fourth-order valence-electron chi connectivity index (χ4n) is 2.55. The fraction of sp³-hybridized carbons (Fsp3) is 0.200. The monoisotopic (exact) mass is 252 g/mol. The Hall–Kier alpha value is -2.36. The molecule has 0 fully saturated rings. The number of fused-ring (bicyclic) bond motifs is 2. The zero-order valence-electron chi connectivity index (χ0n) is 10.3. The van der Waals surface area contributed by atoms with Crippen LogP contribution >= 0.6 is 0 Å². The molecule has 2 heterocycles. The van der Waals surface area contributed by atoms with Crippen molar-refractivity contribution in [3.8, 4) is 11.5 Å². The summed E-state index contributed by atoms with van der Waals surface area (Å²) in [6.07, 6.45) is 6.47. The first kappa shape index (κ1) is 10.6. The number of allylic oxidation sites excluding steroid dienone is 1. The predicted molar refractivity (Wildman–Crippen MR) is 71.6 cm³/mol. The van der Waals surface area contributed by atoms with Gasteiger partial charge < -0.3 is 9.73 Å². The van der Waals surface area contributed by atoms with Gasteiger partial charge in [-0.25, -0.2) is 4.98 Å². The maximum absolute atomic E-state index is 11.3. The molecule has 4 heteroatoms. The highest BCUT2D eigenvalue weighted by Gasteiger charge is 2.20. The van der Waals surface area contributed by atoms with Crippen LogP contribution in [0.3, 0.4) is 0 Å². The minimum absolute atomic E-state index is 0.0433. The van der Waals surface area contributed by atoms with Gasteiger partial charge in [0.05, 0.1) is 12.1 Å². The number of carbonyl (C=O) groups is 1. The van der Waals surface area contributed by atoms with Crippen molar-refractivity contribution in [2.45, 2.75) is 19.3 Å². The van der Waals surface area contributed by atoms with Crippen LogP contribution in [0.4, 0.5) is 5.69 Å². The lowest BCUT2D eigenvalue weighted by Crippen LogP contribution is -2.03. The fourth-order valence-corrected chi connectivity index (χ4v) is 2.55. The van der Waals surface area contributed by atoms with E-state index in [1.165, 1.54) is 0 Å². The molecule has 2 aromatic rings. The van der Waals surface area contributed by atoms with Gasteiger partial charge in [0.15, 0.2) is 5.76 Å². The number of aromatic nitrogens is 1. The molecule has 0 atom stereocenters. The summed E-state index contributed by atoms with van der Waals surface area (Å²) in [7, 11) is 0. The highest BCUT2D eigenvalue weighted by molar-refractivity contribution is 5.99. The molecule has 4 nitrogen and oxygen atoms in total. The second-order valence-corrected chi connectivity index (χ2v) is 4.87. The van der Waals surface area contributed by atoms with Gasteiger partial charge in [0.25, 0.3) is 0 Å². The number of hydrogen-bond donors (Lipinski definition) is 1. The Balaban J connectivity index is 1.77. The van der Waals surface area contributed by atoms with E-state index in [9.17, 15) is 4.79 Å². The molecule has 4 rings (SSSR count). The molecule has 94 valence electrons. The third-order valence-corrected chi connectivity index (χ3v) is 3.53. The molecule has 0 saturated carbocycles. The van der Waals surface area contributed by atoms with Crippen molar-refractivity contribution in [2.75, 3.05) is 5.32 Å². The van der Waals surface area contributed by atoms with E-state index in [1.54, 1.807) is 0 Å². The Bertz CT molecular complexity index is 713. The number of oxazole rings is 1.